The van der Waals surface area contributed by atoms with Gasteiger partial charge in [0.1, 0.15) is 16.7 Å². The van der Waals surface area contributed by atoms with E-state index < -0.39 is 48.9 Å². The number of hydrogen-bond donors (Lipinski definition) is 1. The Morgan fingerprint density at radius 1 is 1.27 bits per heavy atom. The zero-order valence-electron chi connectivity index (χ0n) is 18.5. The average Bonchev–Trinajstić information content (AvgIpc) is 3.18. The van der Waals surface area contributed by atoms with Gasteiger partial charge in [-0.1, -0.05) is 31.5 Å². The van der Waals surface area contributed by atoms with Gasteiger partial charge in [-0.2, -0.15) is 4.39 Å². The van der Waals surface area contributed by atoms with Gasteiger partial charge in [-0.3, -0.25) is 4.72 Å². The Kier molecular flexibility index (Phi) is 7.77. The second kappa shape index (κ2) is 10.0. The highest BCUT2D eigenvalue weighted by Gasteiger charge is 2.41. The minimum absolute atomic E-state index is 0.0352. The molecular weight excluding hydrogens is 481 g/mol. The van der Waals surface area contributed by atoms with Gasteiger partial charge in [0, 0.05) is 32.8 Å². The molecule has 2 heterocycles. The Labute approximate surface area is 196 Å². The van der Waals surface area contributed by atoms with Crippen LogP contribution in [-0.4, -0.2) is 63.7 Å². The molecule has 1 unspecified atom stereocenters. The van der Waals surface area contributed by atoms with Crippen LogP contribution in [0.5, 0.6) is 0 Å². The second-order valence-corrected chi connectivity index (χ2v) is 9.80. The van der Waals surface area contributed by atoms with Gasteiger partial charge in [0.25, 0.3) is 10.0 Å². The number of aromatic nitrogens is 1. The lowest BCUT2D eigenvalue weighted by atomic mass is 10.0. The van der Waals surface area contributed by atoms with Crippen LogP contribution in [0.1, 0.15) is 20.3 Å². The smallest absolute Gasteiger partial charge is 0.268 e. The number of nitrogens with zero attached hydrogens (tertiary/aromatic N) is 3. The molecule has 1 fully saturated rings. The number of ether oxygens (including phenoxy) is 1. The number of anilines is 2. The predicted molar refractivity (Wildman–Crippen MR) is 121 cm³/mol. The normalized spacial score (nSPS) is 18.8. The van der Waals surface area contributed by atoms with Crippen LogP contribution in [0.15, 0.2) is 29.2 Å². The van der Waals surface area contributed by atoms with Crippen molar-refractivity contribution in [3.8, 4) is 0 Å². The Hall–Kier alpha value is -2.08. The third kappa shape index (κ3) is 5.37. The van der Waals surface area contributed by atoms with Crippen LogP contribution >= 0.6 is 11.6 Å². The van der Waals surface area contributed by atoms with Crippen LogP contribution in [0.2, 0.25) is 5.02 Å². The first kappa shape index (κ1) is 25.5. The molecule has 7 nitrogen and oxygen atoms in total. The molecule has 182 valence electrons. The van der Waals surface area contributed by atoms with Crippen molar-refractivity contribution in [3.63, 3.8) is 0 Å². The van der Waals surface area contributed by atoms with Crippen molar-refractivity contribution in [1.29, 1.82) is 0 Å². The number of sulfonamides is 1. The highest BCUT2D eigenvalue weighted by Crippen LogP contribution is 2.39. The number of benzene rings is 1. The fourth-order valence-corrected chi connectivity index (χ4v) is 5.43. The summed E-state index contributed by atoms with van der Waals surface area (Å²) in [4.78, 5) is 5.96. The van der Waals surface area contributed by atoms with E-state index in [2.05, 4.69) is 9.88 Å². The number of halogens is 4. The van der Waals surface area contributed by atoms with Gasteiger partial charge in [0.2, 0.25) is 5.95 Å². The lowest BCUT2D eigenvalue weighted by molar-refractivity contribution is -0.0177. The number of methoxy groups -OCH3 is 1. The molecule has 3 rings (SSSR count). The maximum absolute atomic E-state index is 15.1. The first-order chi connectivity index (χ1) is 15.6. The van der Waals surface area contributed by atoms with Crippen molar-refractivity contribution in [2.45, 2.75) is 30.8 Å². The topological polar surface area (TPSA) is 74.8 Å². The Morgan fingerprint density at radius 3 is 2.58 bits per heavy atom. The van der Waals surface area contributed by atoms with Crippen molar-refractivity contribution >= 4 is 33.1 Å². The summed E-state index contributed by atoms with van der Waals surface area (Å²) in [6, 6.07) is 4.25. The molecule has 1 saturated heterocycles. The van der Waals surface area contributed by atoms with Gasteiger partial charge in [-0.05, 0) is 31.6 Å². The zero-order valence-corrected chi connectivity index (χ0v) is 20.1. The second-order valence-electron chi connectivity index (χ2n) is 7.81. The van der Waals surface area contributed by atoms with E-state index in [0.717, 1.165) is 31.3 Å². The Morgan fingerprint density at radius 2 is 1.97 bits per heavy atom. The molecule has 0 bridgehead atoms. The largest absolute Gasteiger partial charge is 0.375 e. The molecule has 1 aromatic heterocycles. The summed E-state index contributed by atoms with van der Waals surface area (Å²) in [5, 5.41) is -0.529. The number of nitrogens with one attached hydrogen (secondary N) is 1. The molecule has 33 heavy (non-hydrogen) atoms. The summed E-state index contributed by atoms with van der Waals surface area (Å²) in [6.45, 7) is 7.10. The predicted octanol–water partition coefficient (Wildman–Crippen LogP) is 3.89. The van der Waals surface area contributed by atoms with Gasteiger partial charge < -0.3 is 14.5 Å². The SMILES string of the molecule is CCN(CC)CC1(OC)CCN(c2cc(F)c(S(=O)(=O)Nc3cccc(F)n3)c(F)c2Cl)C1. The van der Waals surface area contributed by atoms with Gasteiger partial charge in [0.05, 0.1) is 11.3 Å². The number of pyridine rings is 1. The zero-order chi connectivity index (χ0) is 24.4. The van der Waals surface area contributed by atoms with E-state index >= 15 is 4.39 Å². The van der Waals surface area contributed by atoms with E-state index in [1.54, 1.807) is 12.0 Å². The van der Waals surface area contributed by atoms with E-state index in [4.69, 9.17) is 16.3 Å². The maximum Gasteiger partial charge on any atom is 0.268 e. The summed E-state index contributed by atoms with van der Waals surface area (Å²) in [5.74, 6) is -4.14. The van der Waals surface area contributed by atoms with Crippen molar-refractivity contribution in [2.75, 3.05) is 49.5 Å². The Balaban J connectivity index is 1.91. The van der Waals surface area contributed by atoms with Gasteiger partial charge in [0.15, 0.2) is 10.7 Å². The number of hydrogen-bond acceptors (Lipinski definition) is 6. The van der Waals surface area contributed by atoms with E-state index in [1.807, 2.05) is 18.6 Å². The quantitative estimate of drug-likeness (QED) is 0.411. The number of rotatable bonds is 9. The van der Waals surface area contributed by atoms with Crippen LogP contribution < -0.4 is 9.62 Å². The molecule has 1 aliphatic heterocycles. The van der Waals surface area contributed by atoms with Crippen molar-refractivity contribution in [3.05, 3.63) is 46.9 Å². The van der Waals surface area contributed by atoms with Crippen molar-refractivity contribution in [2.24, 2.45) is 0 Å². The molecule has 1 N–H and O–H groups in total. The summed E-state index contributed by atoms with van der Waals surface area (Å²) in [6.07, 6.45) is 0.604. The molecule has 1 aromatic carbocycles. The molecule has 1 aliphatic rings. The van der Waals surface area contributed by atoms with E-state index in [0.29, 0.717) is 26.1 Å². The molecule has 2 aromatic rings. The summed E-state index contributed by atoms with van der Waals surface area (Å²) in [5.41, 5.74) is -0.523. The van der Waals surface area contributed by atoms with Crippen LogP contribution in [0.25, 0.3) is 0 Å². The first-order valence-corrected chi connectivity index (χ1v) is 12.3. The molecule has 12 heteroatoms. The van der Waals surface area contributed by atoms with Crippen LogP contribution in [0, 0.1) is 17.6 Å². The highest BCUT2D eigenvalue weighted by atomic mass is 35.5. The summed E-state index contributed by atoms with van der Waals surface area (Å²) >= 11 is 6.18. The molecule has 0 aliphatic carbocycles. The lowest BCUT2D eigenvalue weighted by Gasteiger charge is -2.33. The standard InChI is InChI=1S/C21H26ClF3N4O3S/c1-4-28(5-2)12-21(32-3)9-10-29(13-21)15-11-14(23)20(19(25)18(15)22)33(30,31)27-17-8-6-7-16(24)26-17/h6-8,11H,4-5,9-10,12-13H2,1-3H3,(H,26,27). The maximum atomic E-state index is 15.1. The molecule has 0 spiro atoms. The van der Waals surface area contributed by atoms with E-state index in [9.17, 15) is 17.2 Å². The summed E-state index contributed by atoms with van der Waals surface area (Å²) in [7, 11) is -3.17. The minimum atomic E-state index is -4.77. The third-order valence-electron chi connectivity index (χ3n) is 5.82. The molecule has 0 saturated carbocycles. The third-order valence-corrected chi connectivity index (χ3v) is 7.57. The van der Waals surface area contributed by atoms with Crippen LogP contribution in [0.4, 0.5) is 24.7 Å². The molecule has 1 atom stereocenters. The van der Waals surface area contributed by atoms with Gasteiger partial charge in [-0.15, -0.1) is 0 Å². The fourth-order valence-electron chi connectivity index (χ4n) is 3.96. The monoisotopic (exact) mass is 506 g/mol. The van der Waals surface area contributed by atoms with Gasteiger partial charge >= 0.3 is 0 Å². The Bertz CT molecular complexity index is 1120. The highest BCUT2D eigenvalue weighted by molar-refractivity contribution is 7.92. The van der Waals surface area contributed by atoms with Crippen LogP contribution in [0.3, 0.4) is 0 Å². The molecular formula is C21H26ClF3N4O3S. The van der Waals surface area contributed by atoms with Crippen LogP contribution in [-0.2, 0) is 14.8 Å². The summed E-state index contributed by atoms with van der Waals surface area (Å²) < 4.78 is 76.2. The number of likely N-dealkylation sites (N-methyl/N-ethyl adjacent to an activating group) is 1. The van der Waals surface area contributed by atoms with Crippen molar-refractivity contribution < 1.29 is 26.3 Å². The fraction of sp³-hybridized carbons (Fsp3) is 0.476. The molecule has 0 amide bonds. The van der Waals surface area contributed by atoms with Gasteiger partial charge in [-0.25, -0.2) is 22.2 Å². The van der Waals surface area contributed by atoms with E-state index in [-0.39, 0.29) is 5.69 Å². The van der Waals surface area contributed by atoms with Crippen molar-refractivity contribution in [1.82, 2.24) is 9.88 Å². The lowest BCUT2D eigenvalue weighted by Crippen LogP contribution is -2.46. The minimum Gasteiger partial charge on any atom is -0.375 e. The van der Waals surface area contributed by atoms with E-state index in [1.165, 1.54) is 6.07 Å². The average molecular weight is 507 g/mol. The molecule has 0 radical (unpaired) electrons. The first-order valence-electron chi connectivity index (χ1n) is 10.4.